The second-order valence-corrected chi connectivity index (χ2v) is 9.61. The number of carboxylic acid groups (broad SMARTS) is 1. The number of carbonyl (C=O) groups excluding carboxylic acids is 2. The molecule has 2 heterocycles. The standard InChI is InChI=1S/C23H27BN3O9P/c1-27-11-3-6-17(27)21(28)26-19(13-7-9-15(10-8-13)36-37(33)34)22(29)25-18-12-14-4-2-5-16(23(30)31)20(14)35-24(18)32/h2,4-5,7-10,17-19,32-34H,3,6,11-12H2,1H3,(H,25,29)(H,26,28)(H,30,31)/t17-,18+,19-/m1/s1. The highest BCUT2D eigenvalue weighted by atomic mass is 31.2. The molecular formula is C23H27BN3O9P. The molecule has 4 rings (SSSR count). The summed E-state index contributed by atoms with van der Waals surface area (Å²) in [7, 11) is -2.30. The molecule has 1 saturated heterocycles. The van der Waals surface area contributed by atoms with E-state index in [-0.39, 0.29) is 29.4 Å². The molecule has 2 aromatic carbocycles. The highest BCUT2D eigenvalue weighted by Gasteiger charge is 2.40. The number of likely N-dealkylation sites (tertiary alicyclic amines) is 1. The van der Waals surface area contributed by atoms with Crippen LogP contribution in [0.3, 0.4) is 0 Å². The van der Waals surface area contributed by atoms with Crippen LogP contribution in [0.25, 0.3) is 0 Å². The molecule has 6 N–H and O–H groups in total. The quantitative estimate of drug-likeness (QED) is 0.206. The van der Waals surface area contributed by atoms with Crippen molar-refractivity contribution in [3.8, 4) is 11.5 Å². The van der Waals surface area contributed by atoms with Gasteiger partial charge in [-0.05, 0) is 62.2 Å². The van der Waals surface area contributed by atoms with Crippen LogP contribution in [-0.4, -0.2) is 75.3 Å². The topological polar surface area (TPSA) is 178 Å². The summed E-state index contributed by atoms with van der Waals surface area (Å²) in [6.07, 6.45) is 1.61. The van der Waals surface area contributed by atoms with Crippen LogP contribution in [0.5, 0.6) is 11.5 Å². The fraction of sp³-hybridized carbons (Fsp3) is 0.348. The van der Waals surface area contributed by atoms with Crippen LogP contribution >= 0.6 is 8.60 Å². The van der Waals surface area contributed by atoms with Gasteiger partial charge in [-0.25, -0.2) is 4.79 Å². The fourth-order valence-electron chi connectivity index (χ4n) is 4.58. The van der Waals surface area contributed by atoms with Gasteiger partial charge in [0.05, 0.1) is 17.5 Å². The lowest BCUT2D eigenvalue weighted by atomic mass is 9.72. The Morgan fingerprint density at radius 1 is 1.19 bits per heavy atom. The van der Waals surface area contributed by atoms with E-state index in [0.29, 0.717) is 17.5 Å². The van der Waals surface area contributed by atoms with E-state index in [0.717, 1.165) is 13.0 Å². The largest absolute Gasteiger partial charge is 0.547 e. The van der Waals surface area contributed by atoms with E-state index in [1.807, 2.05) is 11.9 Å². The highest BCUT2D eigenvalue weighted by Crippen LogP contribution is 2.31. The molecule has 0 aromatic heterocycles. The SMILES string of the molecule is CN1CCC[C@@H]1C(=O)N[C@@H](C(=O)N[C@H]1Cc2cccc(C(=O)O)c2OB1O)c1ccc(OP(O)O)cc1. The van der Waals surface area contributed by atoms with Crippen molar-refractivity contribution in [1.82, 2.24) is 15.5 Å². The van der Waals surface area contributed by atoms with Gasteiger partial charge < -0.3 is 39.7 Å². The fourth-order valence-corrected chi connectivity index (χ4v) is 4.89. The molecule has 37 heavy (non-hydrogen) atoms. The number of amides is 2. The van der Waals surface area contributed by atoms with Gasteiger partial charge in [-0.1, -0.05) is 24.3 Å². The van der Waals surface area contributed by atoms with Crippen molar-refractivity contribution >= 4 is 33.5 Å². The third-order valence-electron chi connectivity index (χ3n) is 6.45. The summed E-state index contributed by atoms with van der Waals surface area (Å²) in [6, 6.07) is 8.94. The Bertz CT molecular complexity index is 1170. The zero-order chi connectivity index (χ0) is 26.7. The zero-order valence-electron chi connectivity index (χ0n) is 19.9. The smallest absolute Gasteiger partial charge is 0.534 e. The molecule has 2 aromatic rings. The first-order valence-electron chi connectivity index (χ1n) is 11.6. The Balaban J connectivity index is 1.55. The van der Waals surface area contributed by atoms with E-state index in [4.69, 9.17) is 19.0 Å². The molecule has 0 radical (unpaired) electrons. The van der Waals surface area contributed by atoms with Crippen molar-refractivity contribution in [2.45, 2.75) is 37.3 Å². The summed E-state index contributed by atoms with van der Waals surface area (Å²) in [4.78, 5) is 58.0. The number of carbonyl (C=O) groups is 3. The van der Waals surface area contributed by atoms with Crippen LogP contribution in [0, 0.1) is 0 Å². The number of aromatic carboxylic acids is 1. The Morgan fingerprint density at radius 2 is 1.92 bits per heavy atom. The number of hydrogen-bond donors (Lipinski definition) is 6. The van der Waals surface area contributed by atoms with E-state index >= 15 is 0 Å². The maximum Gasteiger partial charge on any atom is 0.547 e. The van der Waals surface area contributed by atoms with Gasteiger partial charge in [-0.2, -0.15) is 0 Å². The lowest BCUT2D eigenvalue weighted by molar-refractivity contribution is -0.131. The van der Waals surface area contributed by atoms with Crippen LogP contribution in [-0.2, 0) is 16.0 Å². The minimum absolute atomic E-state index is 0.0467. The van der Waals surface area contributed by atoms with Gasteiger partial charge in [0.15, 0.2) is 0 Å². The van der Waals surface area contributed by atoms with Crippen molar-refractivity contribution < 1.29 is 43.5 Å². The number of benzene rings is 2. The minimum atomic E-state index is -2.62. The first kappa shape index (κ1) is 26.8. The average Bonchev–Trinajstić information content (AvgIpc) is 3.28. The predicted molar refractivity (Wildman–Crippen MR) is 133 cm³/mol. The monoisotopic (exact) mass is 531 g/mol. The van der Waals surface area contributed by atoms with Crippen LogP contribution in [0.2, 0.25) is 0 Å². The van der Waals surface area contributed by atoms with E-state index in [1.54, 1.807) is 12.1 Å². The van der Waals surface area contributed by atoms with Gasteiger partial charge in [0.2, 0.25) is 11.8 Å². The average molecular weight is 531 g/mol. The first-order chi connectivity index (χ1) is 17.6. The van der Waals surface area contributed by atoms with Crippen LogP contribution in [0.15, 0.2) is 42.5 Å². The number of carboxylic acids is 1. The molecule has 0 unspecified atom stereocenters. The van der Waals surface area contributed by atoms with E-state index in [2.05, 4.69) is 10.6 Å². The maximum absolute atomic E-state index is 13.4. The van der Waals surface area contributed by atoms with Gasteiger partial charge in [-0.15, -0.1) is 0 Å². The van der Waals surface area contributed by atoms with Crippen LogP contribution < -0.4 is 19.8 Å². The van der Waals surface area contributed by atoms with E-state index in [9.17, 15) is 24.5 Å². The lowest BCUT2D eigenvalue weighted by Crippen LogP contribution is -2.56. The van der Waals surface area contributed by atoms with Gasteiger partial charge in [-0.3, -0.25) is 14.5 Å². The normalized spacial score (nSPS) is 20.1. The molecule has 0 spiro atoms. The van der Waals surface area contributed by atoms with Crippen LogP contribution in [0.4, 0.5) is 0 Å². The third kappa shape index (κ3) is 6.20. The van der Waals surface area contributed by atoms with Gasteiger partial charge >= 0.3 is 21.7 Å². The molecule has 2 aliphatic heterocycles. The molecule has 2 aliphatic rings. The van der Waals surface area contributed by atoms with Crippen LogP contribution in [0.1, 0.15) is 40.4 Å². The van der Waals surface area contributed by atoms with Crippen molar-refractivity contribution in [2.24, 2.45) is 0 Å². The summed E-state index contributed by atoms with van der Waals surface area (Å²) in [5.41, 5.74) is 0.817. The van der Waals surface area contributed by atoms with Gasteiger partial charge in [0.25, 0.3) is 0 Å². The number of fused-ring (bicyclic) bond motifs is 1. The van der Waals surface area contributed by atoms with Gasteiger partial charge in [0, 0.05) is 0 Å². The molecule has 14 heteroatoms. The number of para-hydroxylation sites is 1. The minimum Gasteiger partial charge on any atom is -0.534 e. The maximum atomic E-state index is 13.4. The summed E-state index contributed by atoms with van der Waals surface area (Å²) in [5.74, 6) is -2.83. The second kappa shape index (κ2) is 11.4. The number of nitrogens with one attached hydrogen (secondary N) is 2. The zero-order valence-corrected chi connectivity index (χ0v) is 20.8. The predicted octanol–water partition coefficient (Wildman–Crippen LogP) is 0.366. The molecule has 12 nitrogen and oxygen atoms in total. The van der Waals surface area contributed by atoms with E-state index < -0.39 is 45.6 Å². The highest BCUT2D eigenvalue weighted by molar-refractivity contribution is 7.39. The lowest BCUT2D eigenvalue weighted by Gasteiger charge is -2.30. The molecule has 0 saturated carbocycles. The Kier molecular flexibility index (Phi) is 8.30. The number of rotatable bonds is 8. The Hall–Kier alpha value is -3.22. The van der Waals surface area contributed by atoms with Crippen molar-refractivity contribution in [1.29, 1.82) is 0 Å². The molecule has 1 fully saturated rings. The second-order valence-electron chi connectivity index (χ2n) is 8.92. The van der Waals surface area contributed by atoms with Gasteiger partial charge in [0.1, 0.15) is 17.5 Å². The van der Waals surface area contributed by atoms with Crippen molar-refractivity contribution in [3.05, 3.63) is 59.2 Å². The molecule has 3 atom stereocenters. The Labute approximate surface area is 214 Å². The van der Waals surface area contributed by atoms with Crippen molar-refractivity contribution in [2.75, 3.05) is 13.6 Å². The summed E-state index contributed by atoms with van der Waals surface area (Å²) in [5, 5.41) is 25.4. The molecule has 2 amide bonds. The summed E-state index contributed by atoms with van der Waals surface area (Å²) >= 11 is 0. The van der Waals surface area contributed by atoms with E-state index in [1.165, 1.54) is 30.3 Å². The first-order valence-corrected chi connectivity index (χ1v) is 12.8. The Morgan fingerprint density at radius 3 is 2.54 bits per heavy atom. The number of likely N-dealkylation sites (N-methyl/N-ethyl adjacent to an activating group) is 1. The number of nitrogens with zero attached hydrogens (tertiary/aromatic N) is 1. The summed E-state index contributed by atoms with van der Waals surface area (Å²) < 4.78 is 10.3. The molecule has 0 bridgehead atoms. The third-order valence-corrected chi connectivity index (χ3v) is 6.82. The molecule has 196 valence electrons. The molecular weight excluding hydrogens is 504 g/mol. The summed E-state index contributed by atoms with van der Waals surface area (Å²) in [6.45, 7) is 0.760. The van der Waals surface area contributed by atoms with Crippen molar-refractivity contribution in [3.63, 3.8) is 0 Å². The number of hydrogen-bond acceptors (Lipinski definition) is 9. The molecule has 0 aliphatic carbocycles.